The van der Waals surface area contributed by atoms with E-state index in [0.29, 0.717) is 5.57 Å². The fraction of sp³-hybridized carbons (Fsp3) is 0.154. The zero-order valence-corrected chi connectivity index (χ0v) is 8.36. The van der Waals surface area contributed by atoms with Gasteiger partial charge in [0.2, 0.25) is 0 Å². The number of benzene rings is 1. The lowest BCUT2D eigenvalue weighted by molar-refractivity contribution is -0.111. The van der Waals surface area contributed by atoms with Crippen molar-refractivity contribution in [3.63, 3.8) is 0 Å². The molecule has 0 spiro atoms. The van der Waals surface area contributed by atoms with Crippen LogP contribution >= 0.6 is 0 Å². The first-order valence-corrected chi connectivity index (χ1v) is 4.89. The minimum atomic E-state index is 0.0723. The molecule has 0 radical (unpaired) electrons. The highest BCUT2D eigenvalue weighted by molar-refractivity contribution is 6.12. The fourth-order valence-electron chi connectivity index (χ4n) is 1.65. The van der Waals surface area contributed by atoms with E-state index in [2.05, 4.69) is 6.58 Å². The smallest absolute Gasteiger partial charge is 0.184 e. The van der Waals surface area contributed by atoms with E-state index in [4.69, 9.17) is 5.11 Å². The highest BCUT2D eigenvalue weighted by Gasteiger charge is 2.20. The summed E-state index contributed by atoms with van der Waals surface area (Å²) in [7, 11) is 0. The van der Waals surface area contributed by atoms with Crippen LogP contribution in [0, 0.1) is 0 Å². The Morgan fingerprint density at radius 1 is 1.20 bits per heavy atom. The Labute approximate surface area is 88.6 Å². The maximum Gasteiger partial charge on any atom is 0.184 e. The van der Waals surface area contributed by atoms with E-state index < -0.39 is 0 Å². The van der Waals surface area contributed by atoms with Gasteiger partial charge in [-0.3, -0.25) is 4.79 Å². The van der Waals surface area contributed by atoms with Crippen LogP contribution in [0.15, 0.2) is 42.0 Å². The second-order valence-corrected chi connectivity index (χ2v) is 3.69. The third kappa shape index (κ3) is 1.99. The van der Waals surface area contributed by atoms with Crippen LogP contribution in [0.4, 0.5) is 0 Å². The largest absolute Gasteiger partial charge is 0.508 e. The van der Waals surface area contributed by atoms with E-state index in [1.165, 1.54) is 0 Å². The van der Waals surface area contributed by atoms with E-state index in [9.17, 15) is 4.79 Å². The summed E-state index contributed by atoms with van der Waals surface area (Å²) < 4.78 is 0. The Morgan fingerprint density at radius 2 is 1.87 bits per heavy atom. The Bertz CT molecular complexity index is 438. The van der Waals surface area contributed by atoms with Gasteiger partial charge in [-0.2, -0.15) is 0 Å². The summed E-state index contributed by atoms with van der Waals surface area (Å²) in [5.74, 6) is 0.308. The molecule has 1 N–H and O–H groups in total. The highest BCUT2D eigenvalue weighted by Crippen LogP contribution is 2.26. The number of rotatable bonds is 1. The van der Waals surface area contributed by atoms with Crippen molar-refractivity contribution in [1.29, 1.82) is 0 Å². The number of ketones is 1. The van der Waals surface area contributed by atoms with Gasteiger partial charge in [0.05, 0.1) is 0 Å². The van der Waals surface area contributed by atoms with Crippen molar-refractivity contribution >= 4 is 11.9 Å². The van der Waals surface area contributed by atoms with E-state index >= 15 is 0 Å². The predicted octanol–water partition coefficient (Wildman–Crippen LogP) is 2.69. The lowest BCUT2D eigenvalue weighted by Crippen LogP contribution is -1.93. The molecule has 1 fully saturated rings. The van der Waals surface area contributed by atoms with Crippen molar-refractivity contribution in [1.82, 2.24) is 0 Å². The molecule has 0 aromatic heterocycles. The van der Waals surface area contributed by atoms with Gasteiger partial charge in [0, 0.05) is 5.57 Å². The average Bonchev–Trinajstić information content (AvgIpc) is 2.53. The number of Topliss-reactive ketones (excluding diaryl/α,β-unsaturated/α-hetero) is 1. The van der Waals surface area contributed by atoms with Crippen LogP contribution < -0.4 is 0 Å². The van der Waals surface area contributed by atoms with Gasteiger partial charge in [-0.1, -0.05) is 18.7 Å². The van der Waals surface area contributed by atoms with E-state index in [0.717, 1.165) is 24.0 Å². The van der Waals surface area contributed by atoms with Crippen LogP contribution in [0.1, 0.15) is 18.4 Å². The fourth-order valence-corrected chi connectivity index (χ4v) is 1.65. The van der Waals surface area contributed by atoms with Gasteiger partial charge in [-0.15, -0.1) is 0 Å². The molecule has 2 heteroatoms. The monoisotopic (exact) mass is 200 g/mol. The molecule has 0 unspecified atom stereocenters. The van der Waals surface area contributed by atoms with Crippen LogP contribution in [-0.2, 0) is 4.79 Å². The van der Waals surface area contributed by atoms with Crippen LogP contribution in [0.2, 0.25) is 0 Å². The average molecular weight is 200 g/mol. The Balaban J connectivity index is 2.27. The zero-order chi connectivity index (χ0) is 10.8. The summed E-state index contributed by atoms with van der Waals surface area (Å²) >= 11 is 0. The Hall–Kier alpha value is -1.83. The third-order valence-corrected chi connectivity index (χ3v) is 2.54. The first-order chi connectivity index (χ1) is 7.16. The summed E-state index contributed by atoms with van der Waals surface area (Å²) in [4.78, 5) is 11.6. The number of carbonyl (C=O) groups is 1. The second-order valence-electron chi connectivity index (χ2n) is 3.69. The number of allylic oxidation sites excluding steroid dienone is 2. The lowest BCUT2D eigenvalue weighted by Gasteiger charge is -1.96. The number of phenols is 1. The van der Waals surface area contributed by atoms with Gasteiger partial charge in [0.1, 0.15) is 5.75 Å². The van der Waals surface area contributed by atoms with Crippen LogP contribution in [0.5, 0.6) is 5.75 Å². The summed E-state index contributed by atoms with van der Waals surface area (Å²) in [6.45, 7) is 3.71. The minimum Gasteiger partial charge on any atom is -0.508 e. The maximum absolute atomic E-state index is 11.6. The zero-order valence-electron chi connectivity index (χ0n) is 8.36. The Morgan fingerprint density at radius 3 is 2.40 bits per heavy atom. The van der Waals surface area contributed by atoms with Crippen LogP contribution in [0.25, 0.3) is 6.08 Å². The predicted molar refractivity (Wildman–Crippen MR) is 59.5 cm³/mol. The molecular formula is C13H12O2. The van der Waals surface area contributed by atoms with Crippen molar-refractivity contribution in [2.24, 2.45) is 0 Å². The molecular weight excluding hydrogens is 188 g/mol. The number of carbonyl (C=O) groups excluding carboxylic acids is 1. The van der Waals surface area contributed by atoms with Crippen molar-refractivity contribution < 1.29 is 9.90 Å². The molecule has 1 aliphatic rings. The molecule has 0 saturated heterocycles. The second kappa shape index (κ2) is 3.73. The number of hydrogen-bond acceptors (Lipinski definition) is 2. The van der Waals surface area contributed by atoms with Gasteiger partial charge >= 0.3 is 0 Å². The normalized spacial score (nSPS) is 18.8. The SMILES string of the molecule is C=C1CCC(=Cc2ccc(O)cc2)C1=O. The quantitative estimate of drug-likeness (QED) is 0.708. The number of aromatic hydroxyl groups is 1. The maximum atomic E-state index is 11.6. The topological polar surface area (TPSA) is 37.3 Å². The van der Waals surface area contributed by atoms with Gasteiger partial charge in [-0.25, -0.2) is 0 Å². The van der Waals surface area contributed by atoms with Crippen molar-refractivity contribution in [2.45, 2.75) is 12.8 Å². The molecule has 0 amide bonds. The molecule has 1 aliphatic carbocycles. The molecule has 1 saturated carbocycles. The molecule has 0 heterocycles. The minimum absolute atomic E-state index is 0.0723. The van der Waals surface area contributed by atoms with E-state index in [-0.39, 0.29) is 11.5 Å². The first kappa shape index (κ1) is 9.71. The van der Waals surface area contributed by atoms with E-state index in [1.54, 1.807) is 24.3 Å². The molecule has 0 bridgehead atoms. The number of hydrogen-bond donors (Lipinski definition) is 1. The number of phenolic OH excluding ortho intramolecular Hbond substituents is 1. The van der Waals surface area contributed by atoms with Crippen molar-refractivity contribution in [3.8, 4) is 5.75 Å². The van der Waals surface area contributed by atoms with Crippen molar-refractivity contribution in [2.75, 3.05) is 0 Å². The van der Waals surface area contributed by atoms with Crippen LogP contribution in [0.3, 0.4) is 0 Å². The molecule has 0 atom stereocenters. The standard InChI is InChI=1S/C13H12O2/c1-9-2-5-11(13(9)15)8-10-3-6-12(14)7-4-10/h3-4,6-8,14H,1-2,5H2. The van der Waals surface area contributed by atoms with Gasteiger partial charge in [0.15, 0.2) is 5.78 Å². The van der Waals surface area contributed by atoms with Gasteiger partial charge < -0.3 is 5.11 Å². The molecule has 15 heavy (non-hydrogen) atoms. The molecule has 1 aromatic carbocycles. The molecule has 76 valence electrons. The summed E-state index contributed by atoms with van der Waals surface area (Å²) in [6, 6.07) is 6.80. The molecule has 0 aliphatic heterocycles. The first-order valence-electron chi connectivity index (χ1n) is 4.89. The van der Waals surface area contributed by atoms with Crippen molar-refractivity contribution in [3.05, 3.63) is 47.6 Å². The molecule has 1 aromatic rings. The van der Waals surface area contributed by atoms with Crippen LogP contribution in [-0.4, -0.2) is 10.9 Å². The van der Waals surface area contributed by atoms with Gasteiger partial charge in [-0.05, 0) is 42.2 Å². The summed E-state index contributed by atoms with van der Waals surface area (Å²) in [6.07, 6.45) is 3.40. The summed E-state index contributed by atoms with van der Waals surface area (Å²) in [5.41, 5.74) is 2.44. The lowest BCUT2D eigenvalue weighted by atomic mass is 10.1. The highest BCUT2D eigenvalue weighted by atomic mass is 16.3. The molecule has 2 rings (SSSR count). The summed E-state index contributed by atoms with van der Waals surface area (Å²) in [5, 5.41) is 9.11. The third-order valence-electron chi connectivity index (χ3n) is 2.54. The van der Waals surface area contributed by atoms with Gasteiger partial charge in [0.25, 0.3) is 0 Å². The molecule has 2 nitrogen and oxygen atoms in total. The Kier molecular flexibility index (Phi) is 2.42. The van der Waals surface area contributed by atoms with E-state index in [1.807, 2.05) is 6.08 Å².